The zero-order valence-electron chi connectivity index (χ0n) is 17.7. The molecule has 0 saturated carbocycles. The SMILES string of the molecule is CCCCCCc1ccc(C(=O)c2c(OC)c(C(C)C(=O)O)cc3ccoc23)cc1. The van der Waals surface area contributed by atoms with Crippen LogP contribution in [0, 0.1) is 0 Å². The summed E-state index contributed by atoms with van der Waals surface area (Å²) < 4.78 is 11.1. The Morgan fingerprint density at radius 1 is 1.10 bits per heavy atom. The number of carboxylic acids is 1. The average Bonchev–Trinajstić information content (AvgIpc) is 3.23. The highest BCUT2D eigenvalue weighted by atomic mass is 16.5. The smallest absolute Gasteiger partial charge is 0.310 e. The minimum atomic E-state index is -0.984. The van der Waals surface area contributed by atoms with Gasteiger partial charge in [-0.15, -0.1) is 0 Å². The quantitative estimate of drug-likeness (QED) is 0.330. The van der Waals surface area contributed by atoms with Crippen molar-refractivity contribution in [3.63, 3.8) is 0 Å². The highest BCUT2D eigenvalue weighted by Crippen LogP contribution is 2.38. The molecule has 3 rings (SSSR count). The summed E-state index contributed by atoms with van der Waals surface area (Å²) in [4.78, 5) is 25.0. The zero-order chi connectivity index (χ0) is 21.7. The van der Waals surface area contributed by atoms with E-state index in [0.717, 1.165) is 12.8 Å². The number of carbonyl (C=O) groups excluding carboxylic acids is 1. The molecule has 0 saturated heterocycles. The zero-order valence-corrected chi connectivity index (χ0v) is 17.7. The molecule has 0 aliphatic carbocycles. The molecule has 2 aromatic carbocycles. The van der Waals surface area contributed by atoms with E-state index < -0.39 is 11.9 Å². The van der Waals surface area contributed by atoms with Gasteiger partial charge in [-0.3, -0.25) is 9.59 Å². The molecule has 30 heavy (non-hydrogen) atoms. The summed E-state index contributed by atoms with van der Waals surface area (Å²) in [6.07, 6.45) is 7.27. The molecular weight excluding hydrogens is 380 g/mol. The van der Waals surface area contributed by atoms with Crippen LogP contribution in [0.4, 0.5) is 0 Å². The van der Waals surface area contributed by atoms with Crippen molar-refractivity contribution in [1.82, 2.24) is 0 Å². The van der Waals surface area contributed by atoms with Crippen LogP contribution in [0.2, 0.25) is 0 Å². The van der Waals surface area contributed by atoms with Crippen molar-refractivity contribution in [2.24, 2.45) is 0 Å². The predicted molar refractivity (Wildman–Crippen MR) is 117 cm³/mol. The van der Waals surface area contributed by atoms with Crippen LogP contribution in [0.3, 0.4) is 0 Å². The van der Waals surface area contributed by atoms with Crippen LogP contribution in [-0.4, -0.2) is 24.0 Å². The van der Waals surface area contributed by atoms with Crippen LogP contribution >= 0.6 is 0 Å². The lowest BCUT2D eigenvalue weighted by Gasteiger charge is -2.16. The van der Waals surface area contributed by atoms with Crippen LogP contribution in [-0.2, 0) is 11.2 Å². The van der Waals surface area contributed by atoms with Gasteiger partial charge in [-0.05, 0) is 37.5 Å². The maximum Gasteiger partial charge on any atom is 0.310 e. The number of ether oxygens (including phenoxy) is 1. The van der Waals surface area contributed by atoms with Crippen LogP contribution in [0.1, 0.15) is 72.5 Å². The van der Waals surface area contributed by atoms with Gasteiger partial charge >= 0.3 is 5.97 Å². The standard InChI is InChI=1S/C25H28O5/c1-4-5-6-7-8-17-9-11-18(12-10-17)22(26)21-23-19(13-14-30-23)15-20(24(21)29-3)16(2)25(27)28/h9-16H,4-8H2,1-3H3,(H,27,28). The number of fused-ring (bicyclic) bond motifs is 1. The molecular formula is C25H28O5. The third kappa shape index (κ3) is 4.40. The number of carboxylic acid groups (broad SMARTS) is 1. The first kappa shape index (κ1) is 21.6. The van der Waals surface area contributed by atoms with Crippen LogP contribution in [0.25, 0.3) is 11.0 Å². The molecule has 1 aromatic heterocycles. The third-order valence-electron chi connectivity index (χ3n) is 5.53. The van der Waals surface area contributed by atoms with Crippen molar-refractivity contribution in [3.8, 4) is 5.75 Å². The Labute approximate surface area is 176 Å². The van der Waals surface area contributed by atoms with Crippen LogP contribution in [0.15, 0.2) is 47.1 Å². The van der Waals surface area contributed by atoms with Crippen molar-refractivity contribution < 1.29 is 23.8 Å². The number of benzene rings is 2. The molecule has 0 bridgehead atoms. The Hall–Kier alpha value is -3.08. The number of hydrogen-bond donors (Lipinski definition) is 1. The molecule has 1 unspecified atom stereocenters. The van der Waals surface area contributed by atoms with E-state index in [0.29, 0.717) is 22.1 Å². The summed E-state index contributed by atoms with van der Waals surface area (Å²) in [5.74, 6) is -1.80. The number of methoxy groups -OCH3 is 1. The molecule has 1 heterocycles. The summed E-state index contributed by atoms with van der Waals surface area (Å²) in [6, 6.07) is 11.0. The molecule has 1 atom stereocenters. The Morgan fingerprint density at radius 2 is 1.83 bits per heavy atom. The molecule has 5 heteroatoms. The van der Waals surface area contributed by atoms with Gasteiger partial charge in [0.05, 0.1) is 19.3 Å². The molecule has 3 aromatic rings. The van der Waals surface area contributed by atoms with E-state index in [1.165, 1.54) is 38.2 Å². The van der Waals surface area contributed by atoms with Crippen molar-refractivity contribution in [2.45, 2.75) is 51.9 Å². The molecule has 0 radical (unpaired) electrons. The molecule has 5 nitrogen and oxygen atoms in total. The lowest BCUT2D eigenvalue weighted by atomic mass is 9.91. The van der Waals surface area contributed by atoms with Gasteiger partial charge in [0.1, 0.15) is 16.9 Å². The third-order valence-corrected chi connectivity index (χ3v) is 5.53. The predicted octanol–water partition coefficient (Wildman–Crippen LogP) is 5.98. The summed E-state index contributed by atoms with van der Waals surface area (Å²) in [6.45, 7) is 3.77. The van der Waals surface area contributed by atoms with Gasteiger partial charge in [0, 0.05) is 16.5 Å². The summed E-state index contributed by atoms with van der Waals surface area (Å²) in [5, 5.41) is 10.2. The maximum absolute atomic E-state index is 13.4. The first-order valence-corrected chi connectivity index (χ1v) is 10.4. The van der Waals surface area contributed by atoms with Gasteiger partial charge in [-0.25, -0.2) is 0 Å². The van der Waals surface area contributed by atoms with Crippen LogP contribution in [0.5, 0.6) is 5.75 Å². The van der Waals surface area contributed by atoms with Gasteiger partial charge in [-0.1, -0.05) is 50.5 Å². The highest BCUT2D eigenvalue weighted by molar-refractivity contribution is 6.17. The molecule has 0 spiro atoms. The summed E-state index contributed by atoms with van der Waals surface area (Å²) in [7, 11) is 1.44. The first-order chi connectivity index (χ1) is 14.5. The van der Waals surface area contributed by atoms with Crippen molar-refractivity contribution in [1.29, 1.82) is 0 Å². The molecule has 0 aliphatic rings. The number of carbonyl (C=O) groups is 2. The number of unbranched alkanes of at least 4 members (excludes halogenated alkanes) is 3. The van der Waals surface area contributed by atoms with Gasteiger partial charge in [0.15, 0.2) is 0 Å². The first-order valence-electron chi connectivity index (χ1n) is 10.4. The van der Waals surface area contributed by atoms with Crippen molar-refractivity contribution >= 4 is 22.7 Å². The van der Waals surface area contributed by atoms with E-state index in [1.807, 2.05) is 24.3 Å². The fourth-order valence-electron chi connectivity index (χ4n) is 3.72. The number of hydrogen-bond acceptors (Lipinski definition) is 4. The van der Waals surface area contributed by atoms with Crippen molar-refractivity contribution in [3.05, 3.63) is 64.9 Å². The average molecular weight is 408 g/mol. The van der Waals surface area contributed by atoms with Gasteiger partial charge in [-0.2, -0.15) is 0 Å². The Balaban J connectivity index is 1.98. The second-order valence-corrected chi connectivity index (χ2v) is 7.61. The van der Waals surface area contributed by atoms with Gasteiger partial charge in [0.2, 0.25) is 5.78 Å². The number of aliphatic carboxylic acids is 1. The lowest BCUT2D eigenvalue weighted by Crippen LogP contribution is -2.12. The maximum atomic E-state index is 13.4. The minimum absolute atomic E-state index is 0.247. The van der Waals surface area contributed by atoms with E-state index >= 15 is 0 Å². The lowest BCUT2D eigenvalue weighted by molar-refractivity contribution is -0.138. The largest absolute Gasteiger partial charge is 0.496 e. The minimum Gasteiger partial charge on any atom is -0.496 e. The fraction of sp³-hybridized carbons (Fsp3) is 0.360. The monoisotopic (exact) mass is 408 g/mol. The number of rotatable bonds is 10. The van der Waals surface area contributed by atoms with Crippen LogP contribution < -0.4 is 4.74 Å². The summed E-state index contributed by atoms with van der Waals surface area (Å²) >= 11 is 0. The highest BCUT2D eigenvalue weighted by Gasteiger charge is 2.28. The fourth-order valence-corrected chi connectivity index (χ4v) is 3.72. The number of ketones is 1. The van der Waals surface area contributed by atoms with Gasteiger partial charge in [0.25, 0.3) is 0 Å². The van der Waals surface area contributed by atoms with Crippen molar-refractivity contribution in [2.75, 3.05) is 7.11 Å². The van der Waals surface area contributed by atoms with Gasteiger partial charge < -0.3 is 14.3 Å². The summed E-state index contributed by atoms with van der Waals surface area (Å²) in [5.41, 5.74) is 2.84. The molecule has 1 N–H and O–H groups in total. The Bertz CT molecular complexity index is 1030. The second-order valence-electron chi connectivity index (χ2n) is 7.61. The topological polar surface area (TPSA) is 76.7 Å². The molecule has 158 valence electrons. The van der Waals surface area contributed by atoms with E-state index in [-0.39, 0.29) is 17.1 Å². The number of furan rings is 1. The normalized spacial score (nSPS) is 12.1. The second kappa shape index (κ2) is 9.61. The molecule has 0 amide bonds. The Morgan fingerprint density at radius 3 is 2.47 bits per heavy atom. The van der Waals surface area contributed by atoms with E-state index in [9.17, 15) is 14.7 Å². The van der Waals surface area contributed by atoms with E-state index in [2.05, 4.69) is 6.92 Å². The van der Waals surface area contributed by atoms with E-state index in [1.54, 1.807) is 19.1 Å². The van der Waals surface area contributed by atoms with E-state index in [4.69, 9.17) is 9.15 Å². The molecule has 0 fully saturated rings. The Kier molecular flexibility index (Phi) is 6.93. The number of aryl methyl sites for hydroxylation is 1. The molecule has 0 aliphatic heterocycles.